The van der Waals surface area contributed by atoms with Gasteiger partial charge in [-0.15, -0.1) is 0 Å². The van der Waals surface area contributed by atoms with Gasteiger partial charge in [0.15, 0.2) is 11.6 Å². The van der Waals surface area contributed by atoms with Crippen LogP contribution in [0.4, 0.5) is 14.6 Å². The van der Waals surface area contributed by atoms with Crippen LogP contribution in [0.3, 0.4) is 0 Å². The zero-order chi connectivity index (χ0) is 13.1. The molecule has 2 rings (SSSR count). The fraction of sp³-hybridized carbons (Fsp3) is 0.154. The first-order chi connectivity index (χ1) is 8.58. The number of anilines is 1. The third-order valence-corrected chi connectivity index (χ3v) is 2.46. The summed E-state index contributed by atoms with van der Waals surface area (Å²) in [6, 6.07) is 6.99. The predicted molar refractivity (Wildman–Crippen MR) is 64.1 cm³/mol. The largest absolute Gasteiger partial charge is 0.485 e. The van der Waals surface area contributed by atoms with E-state index in [1.807, 2.05) is 0 Å². The number of hydrogen-bond acceptors (Lipinski definition) is 3. The fourth-order valence-electron chi connectivity index (χ4n) is 1.51. The molecule has 0 fully saturated rings. The Balaban J connectivity index is 2.16. The van der Waals surface area contributed by atoms with Crippen LogP contribution in [0.2, 0.25) is 0 Å². The van der Waals surface area contributed by atoms with Gasteiger partial charge in [-0.05, 0) is 31.2 Å². The molecular formula is C13H12F2N2O. The van der Waals surface area contributed by atoms with Crippen molar-refractivity contribution in [3.63, 3.8) is 0 Å². The third kappa shape index (κ3) is 2.56. The zero-order valence-electron chi connectivity index (χ0n) is 9.78. The van der Waals surface area contributed by atoms with Crippen molar-refractivity contribution in [2.24, 2.45) is 0 Å². The molecule has 0 unspecified atom stereocenters. The first-order valence-electron chi connectivity index (χ1n) is 5.36. The van der Waals surface area contributed by atoms with Gasteiger partial charge in [0.25, 0.3) is 0 Å². The molecule has 2 aromatic rings. The van der Waals surface area contributed by atoms with Crippen molar-refractivity contribution < 1.29 is 13.5 Å². The summed E-state index contributed by atoms with van der Waals surface area (Å²) in [6.45, 7) is 1.56. The van der Waals surface area contributed by atoms with Crippen molar-refractivity contribution in [2.75, 3.05) is 5.73 Å². The predicted octanol–water partition coefficient (Wildman–Crippen LogP) is 2.83. The van der Waals surface area contributed by atoms with E-state index in [2.05, 4.69) is 4.98 Å². The smallest absolute Gasteiger partial charge is 0.166 e. The van der Waals surface area contributed by atoms with Gasteiger partial charge in [0.1, 0.15) is 18.2 Å². The highest BCUT2D eigenvalue weighted by Crippen LogP contribution is 2.21. The summed E-state index contributed by atoms with van der Waals surface area (Å²) < 4.78 is 32.0. The molecular weight excluding hydrogens is 238 g/mol. The van der Waals surface area contributed by atoms with Gasteiger partial charge >= 0.3 is 0 Å². The van der Waals surface area contributed by atoms with E-state index in [4.69, 9.17) is 10.5 Å². The second-order valence-electron chi connectivity index (χ2n) is 3.82. The number of halogens is 2. The van der Waals surface area contributed by atoms with E-state index in [1.165, 1.54) is 18.2 Å². The standard InChI is InChI=1S/C13H12F2N2O/c1-8-5-6-12(13(16)17-8)18-7-9-10(14)3-2-4-11(9)15/h2-6H,7H2,1H3,(H2,16,17). The van der Waals surface area contributed by atoms with E-state index in [0.29, 0.717) is 5.75 Å². The number of nitrogen functional groups attached to an aromatic ring is 1. The third-order valence-electron chi connectivity index (χ3n) is 2.46. The summed E-state index contributed by atoms with van der Waals surface area (Å²) in [5, 5.41) is 0. The molecule has 5 heteroatoms. The van der Waals surface area contributed by atoms with Crippen molar-refractivity contribution in [2.45, 2.75) is 13.5 Å². The molecule has 1 aromatic heterocycles. The molecule has 0 spiro atoms. The maximum atomic E-state index is 13.4. The molecule has 2 N–H and O–H groups in total. The van der Waals surface area contributed by atoms with E-state index in [9.17, 15) is 8.78 Å². The van der Waals surface area contributed by atoms with Gasteiger partial charge in [-0.2, -0.15) is 0 Å². The number of benzene rings is 1. The zero-order valence-corrected chi connectivity index (χ0v) is 9.78. The molecule has 18 heavy (non-hydrogen) atoms. The molecule has 0 aliphatic heterocycles. The second-order valence-corrected chi connectivity index (χ2v) is 3.82. The van der Waals surface area contributed by atoms with E-state index in [-0.39, 0.29) is 18.0 Å². The molecule has 3 nitrogen and oxygen atoms in total. The van der Waals surface area contributed by atoms with Crippen LogP contribution < -0.4 is 10.5 Å². The minimum Gasteiger partial charge on any atom is -0.485 e. The summed E-state index contributed by atoms with van der Waals surface area (Å²) in [6.07, 6.45) is 0. The fourth-order valence-corrected chi connectivity index (χ4v) is 1.51. The van der Waals surface area contributed by atoms with Gasteiger partial charge in [0.05, 0.1) is 5.56 Å². The number of hydrogen-bond donors (Lipinski definition) is 1. The summed E-state index contributed by atoms with van der Waals surface area (Å²) in [7, 11) is 0. The van der Waals surface area contributed by atoms with Crippen LogP contribution in [0.5, 0.6) is 5.75 Å². The lowest BCUT2D eigenvalue weighted by atomic mass is 10.2. The van der Waals surface area contributed by atoms with Gasteiger partial charge < -0.3 is 10.5 Å². The van der Waals surface area contributed by atoms with E-state index >= 15 is 0 Å². The van der Waals surface area contributed by atoms with Crippen molar-refractivity contribution in [1.82, 2.24) is 4.98 Å². The highest BCUT2D eigenvalue weighted by molar-refractivity contribution is 5.46. The molecule has 0 radical (unpaired) electrons. The molecule has 0 atom stereocenters. The second kappa shape index (κ2) is 5.00. The van der Waals surface area contributed by atoms with Gasteiger partial charge in [0, 0.05) is 5.69 Å². The minimum absolute atomic E-state index is 0.127. The van der Waals surface area contributed by atoms with Crippen LogP contribution in [0.25, 0.3) is 0 Å². The van der Waals surface area contributed by atoms with Gasteiger partial charge in [0.2, 0.25) is 0 Å². The number of rotatable bonds is 3. The van der Waals surface area contributed by atoms with Crippen LogP contribution in [-0.2, 0) is 6.61 Å². The molecule has 0 saturated heterocycles. The van der Waals surface area contributed by atoms with Crippen molar-refractivity contribution >= 4 is 5.82 Å². The number of pyridine rings is 1. The van der Waals surface area contributed by atoms with Crippen LogP contribution in [0.1, 0.15) is 11.3 Å². The monoisotopic (exact) mass is 250 g/mol. The first kappa shape index (κ1) is 12.3. The molecule has 0 saturated carbocycles. The number of aryl methyl sites for hydroxylation is 1. The first-order valence-corrected chi connectivity index (χ1v) is 5.36. The molecule has 0 aliphatic carbocycles. The van der Waals surface area contributed by atoms with Gasteiger partial charge in [-0.25, -0.2) is 13.8 Å². The van der Waals surface area contributed by atoms with Crippen LogP contribution in [0.15, 0.2) is 30.3 Å². The van der Waals surface area contributed by atoms with Crippen molar-refractivity contribution in [3.05, 3.63) is 53.2 Å². The molecule has 0 aliphatic rings. The van der Waals surface area contributed by atoms with E-state index < -0.39 is 11.6 Å². The van der Waals surface area contributed by atoms with E-state index in [0.717, 1.165) is 5.69 Å². The molecule has 0 amide bonds. The Bertz CT molecular complexity index is 553. The van der Waals surface area contributed by atoms with Crippen molar-refractivity contribution in [1.29, 1.82) is 0 Å². The Morgan fingerprint density at radius 2 is 1.83 bits per heavy atom. The van der Waals surface area contributed by atoms with Crippen molar-refractivity contribution in [3.8, 4) is 5.75 Å². The number of ether oxygens (including phenoxy) is 1. The lowest BCUT2D eigenvalue weighted by Gasteiger charge is -2.09. The summed E-state index contributed by atoms with van der Waals surface area (Å²) in [4.78, 5) is 4.00. The lowest BCUT2D eigenvalue weighted by molar-refractivity contribution is 0.293. The number of aromatic nitrogens is 1. The Labute approximate surface area is 103 Å². The maximum Gasteiger partial charge on any atom is 0.166 e. The quantitative estimate of drug-likeness (QED) is 0.911. The molecule has 94 valence electrons. The van der Waals surface area contributed by atoms with E-state index in [1.54, 1.807) is 19.1 Å². The normalized spacial score (nSPS) is 10.4. The summed E-state index contributed by atoms with van der Waals surface area (Å²) in [5.41, 5.74) is 6.26. The molecule has 0 bridgehead atoms. The van der Waals surface area contributed by atoms with Crippen LogP contribution in [-0.4, -0.2) is 4.98 Å². The maximum absolute atomic E-state index is 13.4. The Kier molecular flexibility index (Phi) is 3.41. The lowest BCUT2D eigenvalue weighted by Crippen LogP contribution is -2.04. The Morgan fingerprint density at radius 1 is 1.17 bits per heavy atom. The Hall–Kier alpha value is -2.17. The topological polar surface area (TPSA) is 48.1 Å². The average molecular weight is 250 g/mol. The van der Waals surface area contributed by atoms with Gasteiger partial charge in [-0.1, -0.05) is 6.07 Å². The number of nitrogens with two attached hydrogens (primary N) is 1. The number of nitrogens with zero attached hydrogens (tertiary/aromatic N) is 1. The minimum atomic E-state index is -0.645. The Morgan fingerprint density at radius 3 is 2.44 bits per heavy atom. The average Bonchev–Trinajstić information content (AvgIpc) is 2.31. The molecule has 1 aromatic carbocycles. The van der Waals surface area contributed by atoms with Gasteiger partial charge in [-0.3, -0.25) is 0 Å². The van der Waals surface area contributed by atoms with Crippen LogP contribution in [0, 0.1) is 18.6 Å². The molecule has 1 heterocycles. The van der Waals surface area contributed by atoms with Crippen LogP contribution >= 0.6 is 0 Å². The summed E-state index contributed by atoms with van der Waals surface area (Å²) in [5.74, 6) is -0.780. The highest BCUT2D eigenvalue weighted by atomic mass is 19.1. The summed E-state index contributed by atoms with van der Waals surface area (Å²) >= 11 is 0. The SMILES string of the molecule is Cc1ccc(OCc2c(F)cccc2F)c(N)n1. The highest BCUT2D eigenvalue weighted by Gasteiger charge is 2.10.